The number of halogens is 1. The fourth-order valence-corrected chi connectivity index (χ4v) is 3.65. The van der Waals surface area contributed by atoms with E-state index >= 15 is 0 Å². The molecule has 4 rings (SSSR count). The molecule has 0 unspecified atom stereocenters. The SMILES string of the molecule is CC(C)CC(=O)Nc1ccc(O)c(-c2cc(C3CC3)n(C(=O)NCc3ccccc3F)n2)c1. The lowest BCUT2D eigenvalue weighted by molar-refractivity contribution is -0.116. The molecule has 1 aromatic heterocycles. The van der Waals surface area contributed by atoms with Crippen molar-refractivity contribution in [1.29, 1.82) is 0 Å². The normalized spacial score (nSPS) is 13.2. The van der Waals surface area contributed by atoms with E-state index in [1.807, 2.05) is 13.8 Å². The van der Waals surface area contributed by atoms with Gasteiger partial charge in [0.05, 0.1) is 11.4 Å². The molecule has 1 aliphatic carbocycles. The Morgan fingerprint density at radius 1 is 1.18 bits per heavy atom. The highest BCUT2D eigenvalue weighted by Gasteiger charge is 2.31. The van der Waals surface area contributed by atoms with Crippen LogP contribution in [0.4, 0.5) is 14.9 Å². The smallest absolute Gasteiger partial charge is 0.342 e. The fourth-order valence-electron chi connectivity index (χ4n) is 3.65. The van der Waals surface area contributed by atoms with Gasteiger partial charge in [-0.1, -0.05) is 32.0 Å². The van der Waals surface area contributed by atoms with Crippen LogP contribution in [-0.4, -0.2) is 26.8 Å². The van der Waals surface area contributed by atoms with E-state index < -0.39 is 6.03 Å². The molecule has 33 heavy (non-hydrogen) atoms. The lowest BCUT2D eigenvalue weighted by atomic mass is 10.1. The summed E-state index contributed by atoms with van der Waals surface area (Å²) >= 11 is 0. The van der Waals surface area contributed by atoms with Crippen LogP contribution in [0.15, 0.2) is 48.5 Å². The lowest BCUT2D eigenvalue weighted by Gasteiger charge is -2.10. The van der Waals surface area contributed by atoms with Crippen LogP contribution in [0, 0.1) is 11.7 Å². The van der Waals surface area contributed by atoms with Crippen molar-refractivity contribution in [1.82, 2.24) is 15.1 Å². The number of anilines is 1. The number of nitrogens with one attached hydrogen (secondary N) is 2. The second-order valence-corrected chi connectivity index (χ2v) is 8.77. The first-order valence-electron chi connectivity index (χ1n) is 11.1. The minimum absolute atomic E-state index is 0.00406. The van der Waals surface area contributed by atoms with E-state index in [1.165, 1.54) is 16.8 Å². The zero-order valence-corrected chi connectivity index (χ0v) is 18.6. The molecule has 0 atom stereocenters. The number of aromatic nitrogens is 2. The van der Waals surface area contributed by atoms with E-state index in [9.17, 15) is 19.1 Å². The molecule has 8 heteroatoms. The molecule has 1 heterocycles. The van der Waals surface area contributed by atoms with Crippen LogP contribution in [0.1, 0.15) is 50.3 Å². The lowest BCUT2D eigenvalue weighted by Crippen LogP contribution is -2.30. The average molecular weight is 451 g/mol. The van der Waals surface area contributed by atoms with Gasteiger partial charge in [-0.05, 0) is 49.1 Å². The van der Waals surface area contributed by atoms with E-state index in [0.29, 0.717) is 28.9 Å². The highest BCUT2D eigenvalue weighted by molar-refractivity contribution is 5.92. The van der Waals surface area contributed by atoms with Crippen LogP contribution in [0.5, 0.6) is 5.75 Å². The van der Waals surface area contributed by atoms with Gasteiger partial charge in [0.2, 0.25) is 5.91 Å². The van der Waals surface area contributed by atoms with Crippen molar-refractivity contribution in [3.63, 3.8) is 0 Å². The molecule has 3 aromatic rings. The molecule has 0 radical (unpaired) electrons. The van der Waals surface area contributed by atoms with Crippen LogP contribution in [0.25, 0.3) is 11.3 Å². The van der Waals surface area contributed by atoms with Crippen LogP contribution in [-0.2, 0) is 11.3 Å². The number of hydrogen-bond donors (Lipinski definition) is 3. The van der Waals surface area contributed by atoms with Crippen molar-refractivity contribution < 1.29 is 19.1 Å². The molecule has 0 aliphatic heterocycles. The molecule has 172 valence electrons. The molecule has 3 N–H and O–H groups in total. The van der Waals surface area contributed by atoms with Crippen molar-refractivity contribution >= 4 is 17.6 Å². The first kappa shape index (κ1) is 22.5. The minimum Gasteiger partial charge on any atom is -0.507 e. The Morgan fingerprint density at radius 3 is 2.64 bits per heavy atom. The van der Waals surface area contributed by atoms with Crippen molar-refractivity contribution in [2.24, 2.45) is 5.92 Å². The van der Waals surface area contributed by atoms with Crippen LogP contribution in [0.2, 0.25) is 0 Å². The molecular weight excluding hydrogens is 423 g/mol. The van der Waals surface area contributed by atoms with Gasteiger partial charge >= 0.3 is 6.03 Å². The minimum atomic E-state index is -0.465. The van der Waals surface area contributed by atoms with Crippen molar-refractivity contribution in [3.8, 4) is 17.0 Å². The summed E-state index contributed by atoms with van der Waals surface area (Å²) in [5.41, 5.74) is 2.51. The summed E-state index contributed by atoms with van der Waals surface area (Å²) in [6.45, 7) is 3.96. The van der Waals surface area contributed by atoms with Gasteiger partial charge < -0.3 is 15.7 Å². The van der Waals surface area contributed by atoms with Crippen LogP contribution < -0.4 is 10.6 Å². The maximum atomic E-state index is 13.9. The number of benzene rings is 2. The monoisotopic (exact) mass is 450 g/mol. The van der Waals surface area contributed by atoms with Gasteiger partial charge in [0.25, 0.3) is 0 Å². The third-order valence-corrected chi connectivity index (χ3v) is 5.46. The standard InChI is InChI=1S/C25H27FN4O3/c1-15(2)11-24(32)28-18-9-10-23(31)19(12-18)21-13-22(16-7-8-16)30(29-21)25(33)27-14-17-5-3-4-6-20(17)26/h3-6,9-10,12-13,15-16,31H,7-8,11,14H2,1-2H3,(H,27,33)(H,28,32). The highest BCUT2D eigenvalue weighted by Crippen LogP contribution is 2.42. The number of rotatable bonds is 7. The number of hydrogen-bond acceptors (Lipinski definition) is 4. The van der Waals surface area contributed by atoms with Crippen LogP contribution in [0.3, 0.4) is 0 Å². The zero-order valence-electron chi connectivity index (χ0n) is 18.6. The number of phenolic OH excluding ortho intramolecular Hbond substituents is 1. The topological polar surface area (TPSA) is 96.2 Å². The van der Waals surface area contributed by atoms with Gasteiger partial charge in [0.15, 0.2) is 0 Å². The Labute approximate surface area is 191 Å². The van der Waals surface area contributed by atoms with E-state index in [-0.39, 0.29) is 35.9 Å². The number of phenols is 1. The summed E-state index contributed by atoms with van der Waals surface area (Å²) < 4.78 is 15.2. The number of amides is 2. The van der Waals surface area contributed by atoms with Crippen molar-refractivity contribution in [2.45, 2.75) is 45.6 Å². The zero-order chi connectivity index (χ0) is 23.5. The second kappa shape index (κ2) is 9.44. The van der Waals surface area contributed by atoms with E-state index in [2.05, 4.69) is 15.7 Å². The van der Waals surface area contributed by atoms with E-state index in [0.717, 1.165) is 18.5 Å². The fraction of sp³-hybridized carbons (Fsp3) is 0.320. The number of carbonyl (C=O) groups excluding carboxylic acids is 2. The molecular formula is C25H27FN4O3. The average Bonchev–Trinajstić information content (AvgIpc) is 3.52. The number of nitrogens with zero attached hydrogens (tertiary/aromatic N) is 2. The highest BCUT2D eigenvalue weighted by atomic mass is 19.1. The van der Waals surface area contributed by atoms with E-state index in [4.69, 9.17) is 0 Å². The second-order valence-electron chi connectivity index (χ2n) is 8.77. The molecule has 1 aliphatic rings. The third-order valence-electron chi connectivity index (χ3n) is 5.46. The van der Waals surface area contributed by atoms with Gasteiger partial charge in [0, 0.05) is 35.7 Å². The Kier molecular flexibility index (Phi) is 6.44. The predicted molar refractivity (Wildman–Crippen MR) is 123 cm³/mol. The van der Waals surface area contributed by atoms with Crippen molar-refractivity contribution in [3.05, 3.63) is 65.6 Å². The van der Waals surface area contributed by atoms with Gasteiger partial charge in [-0.15, -0.1) is 0 Å². The Bertz CT molecular complexity index is 1180. The van der Waals surface area contributed by atoms with Gasteiger partial charge in [-0.25, -0.2) is 9.18 Å². The number of carbonyl (C=O) groups is 2. The molecule has 1 saturated carbocycles. The summed E-state index contributed by atoms with van der Waals surface area (Å²) in [5, 5.41) is 20.4. The summed E-state index contributed by atoms with van der Waals surface area (Å²) in [6, 6.07) is 12.3. The molecule has 0 saturated heterocycles. The van der Waals surface area contributed by atoms with Gasteiger partial charge in [0.1, 0.15) is 11.6 Å². The van der Waals surface area contributed by atoms with Crippen LogP contribution >= 0.6 is 0 Å². The first-order chi connectivity index (χ1) is 15.8. The molecule has 2 aromatic carbocycles. The largest absolute Gasteiger partial charge is 0.507 e. The predicted octanol–water partition coefficient (Wildman–Crippen LogP) is 5.01. The maximum absolute atomic E-state index is 13.9. The molecule has 1 fully saturated rings. The van der Waals surface area contributed by atoms with Crippen molar-refractivity contribution in [2.75, 3.05) is 5.32 Å². The third kappa shape index (κ3) is 5.39. The Morgan fingerprint density at radius 2 is 1.94 bits per heavy atom. The Hall–Kier alpha value is -3.68. The van der Waals surface area contributed by atoms with E-state index in [1.54, 1.807) is 36.4 Å². The first-order valence-corrected chi connectivity index (χ1v) is 11.1. The van der Waals surface area contributed by atoms with Gasteiger partial charge in [-0.3, -0.25) is 4.79 Å². The molecule has 0 bridgehead atoms. The molecule has 7 nitrogen and oxygen atoms in total. The molecule has 0 spiro atoms. The Balaban J connectivity index is 1.57. The summed E-state index contributed by atoms with van der Waals surface area (Å²) in [4.78, 5) is 25.0. The number of aromatic hydroxyl groups is 1. The maximum Gasteiger partial charge on any atom is 0.342 e. The summed E-state index contributed by atoms with van der Waals surface area (Å²) in [5.74, 6) is -0.0700. The summed E-state index contributed by atoms with van der Waals surface area (Å²) in [6.07, 6.45) is 2.28. The van der Waals surface area contributed by atoms with Gasteiger partial charge in [-0.2, -0.15) is 9.78 Å². The quantitative estimate of drug-likeness (QED) is 0.441. The molecule has 2 amide bonds. The summed E-state index contributed by atoms with van der Waals surface area (Å²) in [7, 11) is 0.